The molecule has 2 N–H and O–H groups in total. The van der Waals surface area contributed by atoms with Crippen LogP contribution in [-0.4, -0.2) is 20.2 Å². The van der Waals surface area contributed by atoms with Gasteiger partial charge in [0.1, 0.15) is 5.88 Å². The standard InChI is InChI=1S/C23H27F3N2O3S/c1-4-22(17-6-8-18(9-7-17)23(24,25)26)12-19(22)21(29)28-15(3)16-5-10-20(14(2)11-16)27-13-32(30)31/h5-11,15,19,27,32H,4,12-13H2,1-3H3,(H,28,29)/t15-,19?,22?/m1/s1. The van der Waals surface area contributed by atoms with Crippen molar-refractivity contribution in [2.24, 2.45) is 5.92 Å². The largest absolute Gasteiger partial charge is 0.416 e. The lowest BCUT2D eigenvalue weighted by atomic mass is 9.89. The van der Waals surface area contributed by atoms with E-state index in [1.165, 1.54) is 12.1 Å². The molecule has 2 aromatic carbocycles. The number of hydrogen-bond acceptors (Lipinski definition) is 4. The zero-order chi connectivity index (χ0) is 23.7. The first-order valence-electron chi connectivity index (χ1n) is 10.4. The molecular formula is C23H27F3N2O3S. The minimum absolute atomic E-state index is 0.123. The highest BCUT2D eigenvalue weighted by atomic mass is 32.2. The molecule has 3 atom stereocenters. The number of aryl methyl sites for hydroxylation is 1. The van der Waals surface area contributed by atoms with Gasteiger partial charge >= 0.3 is 6.18 Å². The van der Waals surface area contributed by atoms with Crippen LogP contribution in [0.3, 0.4) is 0 Å². The fourth-order valence-electron chi connectivity index (χ4n) is 4.26. The first-order valence-corrected chi connectivity index (χ1v) is 11.8. The first-order chi connectivity index (χ1) is 15.0. The summed E-state index contributed by atoms with van der Waals surface area (Å²) in [6, 6.07) is 10.3. The molecule has 1 aliphatic rings. The number of benzene rings is 2. The molecular weight excluding hydrogens is 441 g/mol. The van der Waals surface area contributed by atoms with E-state index in [1.807, 2.05) is 32.9 Å². The number of alkyl halides is 3. The van der Waals surface area contributed by atoms with Gasteiger partial charge in [-0.05, 0) is 61.6 Å². The Labute approximate surface area is 187 Å². The Bertz CT molecular complexity index is 1060. The summed E-state index contributed by atoms with van der Waals surface area (Å²) in [4.78, 5) is 12.9. The minimum atomic E-state index is -4.39. The van der Waals surface area contributed by atoms with Gasteiger partial charge in [-0.3, -0.25) is 4.79 Å². The number of carbonyl (C=O) groups excluding carboxylic acids is 1. The molecule has 0 spiro atoms. The monoisotopic (exact) mass is 468 g/mol. The van der Waals surface area contributed by atoms with Crippen LogP contribution < -0.4 is 10.6 Å². The van der Waals surface area contributed by atoms with Crippen LogP contribution in [0.5, 0.6) is 0 Å². The lowest BCUT2D eigenvalue weighted by molar-refractivity contribution is -0.137. The van der Waals surface area contributed by atoms with E-state index in [9.17, 15) is 26.4 Å². The van der Waals surface area contributed by atoms with E-state index in [4.69, 9.17) is 0 Å². The molecule has 174 valence electrons. The van der Waals surface area contributed by atoms with Crippen LogP contribution in [0, 0.1) is 12.8 Å². The fraction of sp³-hybridized carbons (Fsp3) is 0.435. The maximum Gasteiger partial charge on any atom is 0.416 e. The summed E-state index contributed by atoms with van der Waals surface area (Å²) in [6.07, 6.45) is -3.13. The van der Waals surface area contributed by atoms with Crippen LogP contribution in [0.4, 0.5) is 18.9 Å². The van der Waals surface area contributed by atoms with Gasteiger partial charge in [-0.15, -0.1) is 0 Å². The molecule has 0 saturated heterocycles. The molecule has 2 aromatic rings. The van der Waals surface area contributed by atoms with Gasteiger partial charge in [0, 0.05) is 17.0 Å². The smallest absolute Gasteiger partial charge is 0.372 e. The third-order valence-corrected chi connectivity index (χ3v) is 6.73. The van der Waals surface area contributed by atoms with Gasteiger partial charge in [0.2, 0.25) is 5.91 Å². The van der Waals surface area contributed by atoms with Crippen molar-refractivity contribution in [1.29, 1.82) is 0 Å². The van der Waals surface area contributed by atoms with Gasteiger partial charge in [-0.1, -0.05) is 31.2 Å². The van der Waals surface area contributed by atoms with Crippen molar-refractivity contribution in [2.75, 3.05) is 11.2 Å². The van der Waals surface area contributed by atoms with Gasteiger partial charge in [0.25, 0.3) is 0 Å². The van der Waals surface area contributed by atoms with Crippen molar-refractivity contribution < 1.29 is 26.4 Å². The second kappa shape index (κ2) is 9.13. The first kappa shape index (κ1) is 24.1. The minimum Gasteiger partial charge on any atom is -0.372 e. The average molecular weight is 469 g/mol. The number of nitrogens with one attached hydrogen (secondary N) is 2. The van der Waals surface area contributed by atoms with Crippen LogP contribution >= 0.6 is 0 Å². The number of carbonyl (C=O) groups is 1. The molecule has 1 saturated carbocycles. The predicted octanol–water partition coefficient (Wildman–Crippen LogP) is 4.54. The van der Waals surface area contributed by atoms with E-state index < -0.39 is 27.9 Å². The highest BCUT2D eigenvalue weighted by Crippen LogP contribution is 2.57. The number of halogens is 3. The van der Waals surface area contributed by atoms with Crippen molar-refractivity contribution in [2.45, 2.75) is 51.2 Å². The summed E-state index contributed by atoms with van der Waals surface area (Å²) in [6.45, 7) is 5.66. The molecule has 0 bridgehead atoms. The summed E-state index contributed by atoms with van der Waals surface area (Å²) >= 11 is 0. The van der Waals surface area contributed by atoms with Crippen LogP contribution in [0.2, 0.25) is 0 Å². The van der Waals surface area contributed by atoms with Gasteiger partial charge in [-0.25, -0.2) is 8.42 Å². The Balaban J connectivity index is 1.67. The fourth-order valence-corrected chi connectivity index (χ4v) is 4.56. The summed E-state index contributed by atoms with van der Waals surface area (Å²) < 4.78 is 60.1. The highest BCUT2D eigenvalue weighted by Gasteiger charge is 2.57. The van der Waals surface area contributed by atoms with Crippen LogP contribution in [0.15, 0.2) is 42.5 Å². The van der Waals surface area contributed by atoms with Crippen molar-refractivity contribution in [3.63, 3.8) is 0 Å². The van der Waals surface area contributed by atoms with Gasteiger partial charge < -0.3 is 10.6 Å². The average Bonchev–Trinajstić information content (AvgIpc) is 3.48. The molecule has 0 radical (unpaired) electrons. The van der Waals surface area contributed by atoms with E-state index in [2.05, 4.69) is 10.6 Å². The zero-order valence-corrected chi connectivity index (χ0v) is 19.0. The Morgan fingerprint density at radius 1 is 1.19 bits per heavy atom. The summed E-state index contributed by atoms with van der Waals surface area (Å²) in [5.74, 6) is -0.559. The van der Waals surface area contributed by atoms with Crippen molar-refractivity contribution in [3.8, 4) is 0 Å². The number of amides is 1. The molecule has 0 aromatic heterocycles. The summed E-state index contributed by atoms with van der Waals surface area (Å²) in [5.41, 5.74) is 2.07. The van der Waals surface area contributed by atoms with Gasteiger partial charge in [-0.2, -0.15) is 13.2 Å². The van der Waals surface area contributed by atoms with E-state index in [0.717, 1.165) is 28.8 Å². The Morgan fingerprint density at radius 2 is 1.84 bits per heavy atom. The molecule has 1 amide bonds. The molecule has 3 rings (SSSR count). The third-order valence-electron chi connectivity index (χ3n) is 6.32. The number of hydrogen-bond donors (Lipinski definition) is 3. The summed E-state index contributed by atoms with van der Waals surface area (Å²) in [5, 5.41) is 5.86. The molecule has 5 nitrogen and oxygen atoms in total. The Hall–Kier alpha value is -2.55. The highest BCUT2D eigenvalue weighted by molar-refractivity contribution is 7.72. The van der Waals surface area contributed by atoms with Crippen LogP contribution in [0.1, 0.15) is 55.0 Å². The zero-order valence-electron chi connectivity index (χ0n) is 18.1. The van der Waals surface area contributed by atoms with Crippen LogP contribution in [-0.2, 0) is 27.1 Å². The van der Waals surface area contributed by atoms with E-state index in [0.29, 0.717) is 18.5 Å². The number of anilines is 1. The van der Waals surface area contributed by atoms with Gasteiger partial charge in [0.05, 0.1) is 11.6 Å². The molecule has 0 aliphatic heterocycles. The number of rotatable bonds is 8. The van der Waals surface area contributed by atoms with Crippen molar-refractivity contribution in [1.82, 2.24) is 5.32 Å². The van der Waals surface area contributed by atoms with Crippen molar-refractivity contribution in [3.05, 3.63) is 64.7 Å². The Morgan fingerprint density at radius 3 is 2.38 bits per heavy atom. The maximum absolute atomic E-state index is 12.9. The molecule has 1 aliphatic carbocycles. The summed E-state index contributed by atoms with van der Waals surface area (Å²) in [7, 11) is -2.53. The maximum atomic E-state index is 12.9. The van der Waals surface area contributed by atoms with E-state index in [1.54, 1.807) is 6.07 Å². The normalized spacial score (nSPS) is 21.3. The molecule has 32 heavy (non-hydrogen) atoms. The molecule has 9 heteroatoms. The van der Waals surface area contributed by atoms with E-state index in [-0.39, 0.29) is 23.7 Å². The lowest BCUT2D eigenvalue weighted by Gasteiger charge is -2.20. The van der Waals surface area contributed by atoms with Crippen molar-refractivity contribution >= 4 is 22.3 Å². The topological polar surface area (TPSA) is 75.3 Å². The molecule has 1 fully saturated rings. The number of thiol groups is 1. The van der Waals surface area contributed by atoms with Crippen LogP contribution in [0.25, 0.3) is 0 Å². The molecule has 2 unspecified atom stereocenters. The third kappa shape index (κ3) is 5.09. The predicted molar refractivity (Wildman–Crippen MR) is 118 cm³/mol. The quantitative estimate of drug-likeness (QED) is 0.498. The Kier molecular flexibility index (Phi) is 6.88. The van der Waals surface area contributed by atoms with Gasteiger partial charge in [0.15, 0.2) is 10.7 Å². The van der Waals surface area contributed by atoms with E-state index >= 15 is 0 Å². The SMILES string of the molecule is CCC1(c2ccc(C(F)(F)F)cc2)CC1C(=O)N[C@H](C)c1ccc(NC[SH](=O)=O)c(C)c1. The molecule has 0 heterocycles. The lowest BCUT2D eigenvalue weighted by Crippen LogP contribution is -2.31. The second-order valence-electron chi connectivity index (χ2n) is 8.31. The second-order valence-corrected chi connectivity index (χ2v) is 9.30.